The van der Waals surface area contributed by atoms with Crippen LogP contribution in [0.2, 0.25) is 0 Å². The Kier molecular flexibility index (Phi) is 14.2. The van der Waals surface area contributed by atoms with Crippen molar-refractivity contribution < 1.29 is 14.2 Å². The van der Waals surface area contributed by atoms with E-state index in [1.165, 1.54) is 0 Å². The molecule has 0 amide bonds. The second-order valence-corrected chi connectivity index (χ2v) is 16.0. The zero-order valence-electron chi connectivity index (χ0n) is 30.7. The summed E-state index contributed by atoms with van der Waals surface area (Å²) >= 11 is 6.95. The molecule has 0 aliphatic heterocycles. The molecule has 11 heteroatoms. The van der Waals surface area contributed by atoms with Crippen LogP contribution in [-0.2, 0) is 13.1 Å². The Morgan fingerprint density at radius 2 is 0.804 bits per heavy atom. The summed E-state index contributed by atoms with van der Waals surface area (Å²) in [5.41, 5.74) is 8.00. The van der Waals surface area contributed by atoms with Crippen LogP contribution >= 0.6 is 31.9 Å². The molecule has 0 bridgehead atoms. The van der Waals surface area contributed by atoms with Crippen molar-refractivity contribution in [2.45, 2.75) is 68.5 Å². The maximum absolute atomic E-state index is 5.87. The molecule has 0 spiro atoms. The molecule has 0 aliphatic rings. The third kappa shape index (κ3) is 10.6. The lowest BCUT2D eigenvalue weighted by atomic mass is 9.98. The molecule has 272 valence electrons. The average molecular weight is 825 g/mol. The largest absolute Gasteiger partial charge is 0.493 e. The van der Waals surface area contributed by atoms with Gasteiger partial charge in [0.15, 0.2) is 0 Å². The van der Waals surface area contributed by atoms with Crippen LogP contribution in [-0.4, -0.2) is 43.2 Å². The van der Waals surface area contributed by atoms with Gasteiger partial charge in [-0.25, -0.2) is 0 Å². The first-order valence-electron chi connectivity index (χ1n) is 17.4. The zero-order valence-corrected chi connectivity index (χ0v) is 33.9. The van der Waals surface area contributed by atoms with E-state index in [0.29, 0.717) is 36.9 Å². The average Bonchev–Trinajstić information content (AvgIpc) is 3.69. The number of halogens is 3. The lowest BCUT2D eigenvalue weighted by molar-refractivity contribution is 0.271. The molecule has 0 aliphatic carbocycles. The Hall–Kier alpha value is -3.83. The topological polar surface area (TPSA) is 79.9 Å². The van der Waals surface area contributed by atoms with Crippen LogP contribution in [0.1, 0.15) is 55.4 Å². The Morgan fingerprint density at radius 3 is 1.12 bits per heavy atom. The third-order valence-corrected chi connectivity index (χ3v) is 8.90. The highest BCUT2D eigenvalue weighted by Gasteiger charge is 2.16. The standard InChI is InChI=1S/C30H37N3O2.C10H11Br2N3.FH/c1-20(2)17-33-31-29-27(23-7-11-25(12-8-23)34-18-21(3)4)15-16-28(30(29)32-33)24-9-13-26(14-10-24)35-19-22(5)6;1-6(2)5-15-13-9-7(11)3-4-8(12)10(9)14-15;/h7-16,20-22H,17-19H2,1-6H3;3-4,6H,5H2,1-2H3;1H. The van der Waals surface area contributed by atoms with E-state index in [4.69, 9.17) is 19.7 Å². The molecule has 0 unspecified atom stereocenters. The van der Waals surface area contributed by atoms with E-state index in [1.54, 1.807) is 4.80 Å². The molecule has 0 atom stereocenters. The molecule has 2 heterocycles. The number of ether oxygens (including phenoxy) is 2. The van der Waals surface area contributed by atoms with E-state index in [9.17, 15) is 0 Å². The van der Waals surface area contributed by atoms with Crippen molar-refractivity contribution in [2.24, 2.45) is 23.7 Å². The summed E-state index contributed by atoms with van der Waals surface area (Å²) in [6.45, 7) is 20.3. The van der Waals surface area contributed by atoms with E-state index < -0.39 is 0 Å². The van der Waals surface area contributed by atoms with Gasteiger partial charge in [-0.2, -0.15) is 30.0 Å². The fourth-order valence-electron chi connectivity index (χ4n) is 5.28. The molecule has 0 radical (unpaired) electrons. The highest BCUT2D eigenvalue weighted by Crippen LogP contribution is 2.35. The molecule has 6 rings (SSSR count). The predicted molar refractivity (Wildman–Crippen MR) is 214 cm³/mol. The molecule has 4 aromatic carbocycles. The minimum absolute atomic E-state index is 0. The number of hydrogen-bond acceptors (Lipinski definition) is 6. The number of fused-ring (bicyclic) bond motifs is 2. The second kappa shape index (κ2) is 18.1. The summed E-state index contributed by atoms with van der Waals surface area (Å²) in [5.74, 6) is 3.77. The predicted octanol–water partition coefficient (Wildman–Crippen LogP) is 11.3. The normalized spacial score (nSPS) is 11.4. The zero-order chi connectivity index (χ0) is 35.9. The van der Waals surface area contributed by atoms with Gasteiger partial charge in [0.25, 0.3) is 0 Å². The van der Waals surface area contributed by atoms with Gasteiger partial charge < -0.3 is 9.47 Å². The van der Waals surface area contributed by atoms with Gasteiger partial charge in [-0.15, -0.1) is 0 Å². The minimum Gasteiger partial charge on any atom is -0.493 e. The molecule has 0 saturated heterocycles. The van der Waals surface area contributed by atoms with Crippen LogP contribution in [0.5, 0.6) is 11.5 Å². The number of benzene rings is 4. The monoisotopic (exact) mass is 822 g/mol. The third-order valence-electron chi connectivity index (χ3n) is 7.62. The van der Waals surface area contributed by atoms with Crippen molar-refractivity contribution in [3.05, 3.63) is 81.7 Å². The summed E-state index contributed by atoms with van der Waals surface area (Å²) in [6, 6.07) is 24.8. The van der Waals surface area contributed by atoms with Gasteiger partial charge in [0.05, 0.1) is 26.3 Å². The van der Waals surface area contributed by atoms with Crippen molar-refractivity contribution in [1.29, 1.82) is 0 Å². The van der Waals surface area contributed by atoms with Crippen LogP contribution in [0, 0.1) is 23.7 Å². The van der Waals surface area contributed by atoms with Gasteiger partial charge >= 0.3 is 0 Å². The summed E-state index contributed by atoms with van der Waals surface area (Å²) in [6.07, 6.45) is 0. The summed E-state index contributed by atoms with van der Waals surface area (Å²) in [7, 11) is 0. The molecule has 0 N–H and O–H groups in total. The number of aromatic nitrogens is 6. The first-order valence-corrected chi connectivity index (χ1v) is 19.0. The molecule has 0 saturated carbocycles. The molecule has 8 nitrogen and oxygen atoms in total. The second-order valence-electron chi connectivity index (χ2n) is 14.3. The lowest BCUT2D eigenvalue weighted by Crippen LogP contribution is -2.07. The summed E-state index contributed by atoms with van der Waals surface area (Å²) in [5, 5.41) is 18.7. The Labute approximate surface area is 317 Å². The minimum atomic E-state index is 0. The van der Waals surface area contributed by atoms with E-state index in [-0.39, 0.29) is 4.70 Å². The quantitative estimate of drug-likeness (QED) is 0.122. The van der Waals surface area contributed by atoms with Crippen molar-refractivity contribution in [3.8, 4) is 33.8 Å². The summed E-state index contributed by atoms with van der Waals surface area (Å²) < 4.78 is 13.7. The molecule has 51 heavy (non-hydrogen) atoms. The molecule has 6 aromatic rings. The highest BCUT2D eigenvalue weighted by atomic mass is 79.9. The van der Waals surface area contributed by atoms with Gasteiger partial charge in [-0.1, -0.05) is 91.8 Å². The number of rotatable bonds is 12. The molecule has 2 aromatic heterocycles. The van der Waals surface area contributed by atoms with Crippen molar-refractivity contribution in [2.75, 3.05) is 13.2 Å². The van der Waals surface area contributed by atoms with Crippen molar-refractivity contribution >= 4 is 53.9 Å². The maximum atomic E-state index is 5.87. The molecular weight excluding hydrogens is 775 g/mol. The van der Waals surface area contributed by atoms with E-state index in [1.807, 2.05) is 41.2 Å². The summed E-state index contributed by atoms with van der Waals surface area (Å²) in [4.78, 5) is 3.59. The molecule has 0 fully saturated rings. The maximum Gasteiger partial charge on any atom is 0.128 e. The van der Waals surface area contributed by atoms with Gasteiger partial charge in [-0.3, -0.25) is 4.70 Å². The number of hydrogen-bond donors (Lipinski definition) is 0. The lowest BCUT2D eigenvalue weighted by Gasteiger charge is -2.11. The van der Waals surface area contributed by atoms with Crippen LogP contribution < -0.4 is 9.47 Å². The van der Waals surface area contributed by atoms with Gasteiger partial charge in [0, 0.05) is 20.1 Å². The van der Waals surface area contributed by atoms with Crippen LogP contribution in [0.15, 0.2) is 81.7 Å². The van der Waals surface area contributed by atoms with Gasteiger partial charge in [0.1, 0.15) is 33.6 Å². The highest BCUT2D eigenvalue weighted by molar-refractivity contribution is 9.11. The van der Waals surface area contributed by atoms with Gasteiger partial charge in [-0.05, 0) is 103 Å². The van der Waals surface area contributed by atoms with Crippen LogP contribution in [0.25, 0.3) is 44.3 Å². The van der Waals surface area contributed by atoms with Crippen molar-refractivity contribution in [3.63, 3.8) is 0 Å². The first-order chi connectivity index (χ1) is 23.9. The Morgan fingerprint density at radius 1 is 0.471 bits per heavy atom. The molecular formula is C40H49Br2FN6O2. The first kappa shape index (κ1) is 39.9. The Bertz CT molecular complexity index is 1870. The fourth-order valence-corrected chi connectivity index (χ4v) is 6.08. The SMILES string of the molecule is CC(C)COc1ccc(-c2ccc(-c3ccc(OCC(C)C)cc3)c3nn(CC(C)C)nc23)cc1.CC(C)Cn1nc2c(Br)ccc(Br)c2n1.F. The van der Waals surface area contributed by atoms with Crippen molar-refractivity contribution in [1.82, 2.24) is 30.0 Å². The van der Waals surface area contributed by atoms with E-state index in [2.05, 4.69) is 134 Å². The fraction of sp³-hybridized carbons (Fsp3) is 0.400. The van der Waals surface area contributed by atoms with Gasteiger partial charge in [0.2, 0.25) is 0 Å². The van der Waals surface area contributed by atoms with E-state index in [0.717, 1.165) is 77.9 Å². The smallest absolute Gasteiger partial charge is 0.128 e. The van der Waals surface area contributed by atoms with Crippen LogP contribution in [0.4, 0.5) is 4.70 Å². The van der Waals surface area contributed by atoms with Crippen LogP contribution in [0.3, 0.4) is 0 Å². The van der Waals surface area contributed by atoms with E-state index >= 15 is 0 Å². The number of nitrogens with zero attached hydrogens (tertiary/aromatic N) is 6. The Balaban J connectivity index is 0.000000304.